The third kappa shape index (κ3) is 7.01. The number of rotatable bonds is 9. The smallest absolute Gasteiger partial charge is 0.408 e. The summed E-state index contributed by atoms with van der Waals surface area (Å²) in [5.74, 6) is 0.275. The van der Waals surface area contributed by atoms with Crippen molar-refractivity contribution in [1.82, 2.24) is 16.1 Å². The van der Waals surface area contributed by atoms with Gasteiger partial charge in [-0.05, 0) is 39.2 Å². The molecule has 8 nitrogen and oxygen atoms in total. The largest absolute Gasteiger partial charge is 0.496 e. The summed E-state index contributed by atoms with van der Waals surface area (Å²) in [4.78, 5) is 30.5. The Labute approximate surface area is 189 Å². The van der Waals surface area contributed by atoms with Crippen LogP contribution in [0.2, 0.25) is 0 Å². The highest BCUT2D eigenvalue weighted by Crippen LogP contribution is 2.19. The fourth-order valence-electron chi connectivity index (χ4n) is 3.00. The van der Waals surface area contributed by atoms with E-state index in [0.717, 1.165) is 11.1 Å². The molecule has 2 amide bonds. The van der Waals surface area contributed by atoms with Gasteiger partial charge in [-0.2, -0.15) is 0 Å². The van der Waals surface area contributed by atoms with Gasteiger partial charge in [0, 0.05) is 6.42 Å². The van der Waals surface area contributed by atoms with Gasteiger partial charge in [0.05, 0.1) is 13.7 Å². The fraction of sp³-hybridized carbons (Fsp3) is 0.273. The zero-order valence-electron chi connectivity index (χ0n) is 17.0. The molecule has 0 saturated carbocycles. The Morgan fingerprint density at radius 3 is 2.61 bits per heavy atom. The quantitative estimate of drug-likeness (QED) is 0.468. The molecule has 0 fully saturated rings. The van der Waals surface area contributed by atoms with Crippen LogP contribution in [0, 0.1) is 0 Å². The number of methoxy groups -OCH3 is 1. The standard InChI is InChI=1S/C22H24BrN3O5/c1-29-19-10-6-5-9-16(19)11-18(21(27)24-13-17-12-20(23)26-31-17)25-22(28)30-14-15-7-3-2-4-8-15/h2-10,12,17-18,26H,11,13-14H2,1H3,(H,24,27)(H,25,28)/t17?,18-/m0/s1. The van der Waals surface area contributed by atoms with E-state index in [0.29, 0.717) is 10.4 Å². The number of nitrogens with one attached hydrogen (secondary N) is 3. The molecule has 3 rings (SSSR count). The second-order valence-corrected chi connectivity index (χ2v) is 7.65. The van der Waals surface area contributed by atoms with Crippen LogP contribution in [-0.2, 0) is 27.4 Å². The van der Waals surface area contributed by atoms with Crippen molar-refractivity contribution in [2.75, 3.05) is 13.7 Å². The predicted molar refractivity (Wildman–Crippen MR) is 118 cm³/mol. The van der Waals surface area contributed by atoms with E-state index in [2.05, 4.69) is 32.0 Å². The Hall–Kier alpha value is -3.04. The normalized spacial score (nSPS) is 15.9. The minimum atomic E-state index is -0.860. The van der Waals surface area contributed by atoms with Crippen LogP contribution >= 0.6 is 15.9 Å². The van der Waals surface area contributed by atoms with Crippen molar-refractivity contribution in [3.8, 4) is 5.75 Å². The van der Waals surface area contributed by atoms with Crippen LogP contribution < -0.4 is 20.9 Å². The minimum absolute atomic E-state index is 0.107. The zero-order chi connectivity index (χ0) is 22.1. The summed E-state index contributed by atoms with van der Waals surface area (Å²) >= 11 is 3.27. The van der Waals surface area contributed by atoms with Gasteiger partial charge in [-0.15, -0.1) is 0 Å². The molecule has 1 heterocycles. The number of alkyl carbamates (subject to hydrolysis) is 1. The maximum atomic E-state index is 12.9. The average Bonchev–Trinajstić information content (AvgIpc) is 3.21. The lowest BCUT2D eigenvalue weighted by atomic mass is 10.0. The predicted octanol–water partition coefficient (Wildman–Crippen LogP) is 2.79. The van der Waals surface area contributed by atoms with Crippen LogP contribution in [0.4, 0.5) is 4.79 Å². The molecule has 1 unspecified atom stereocenters. The Morgan fingerprint density at radius 1 is 1.16 bits per heavy atom. The number of carbonyl (C=O) groups excluding carboxylic acids is 2. The van der Waals surface area contributed by atoms with E-state index < -0.39 is 12.1 Å². The van der Waals surface area contributed by atoms with Crippen molar-refractivity contribution in [3.63, 3.8) is 0 Å². The molecule has 0 radical (unpaired) electrons. The van der Waals surface area contributed by atoms with E-state index in [1.54, 1.807) is 19.3 Å². The van der Waals surface area contributed by atoms with Gasteiger partial charge in [0.2, 0.25) is 5.91 Å². The highest BCUT2D eigenvalue weighted by atomic mass is 79.9. The molecule has 0 spiro atoms. The van der Waals surface area contributed by atoms with Crippen molar-refractivity contribution >= 4 is 27.9 Å². The highest BCUT2D eigenvalue weighted by molar-refractivity contribution is 9.11. The van der Waals surface area contributed by atoms with Crippen molar-refractivity contribution < 1.29 is 23.9 Å². The summed E-state index contributed by atoms with van der Waals surface area (Å²) in [5.41, 5.74) is 4.30. The number of hydrogen-bond acceptors (Lipinski definition) is 6. The molecular formula is C22H24BrN3O5. The molecule has 2 aromatic rings. The van der Waals surface area contributed by atoms with E-state index in [-0.39, 0.29) is 31.6 Å². The molecule has 31 heavy (non-hydrogen) atoms. The lowest BCUT2D eigenvalue weighted by Gasteiger charge is -2.20. The monoisotopic (exact) mass is 489 g/mol. The van der Waals surface area contributed by atoms with E-state index in [1.165, 1.54) is 0 Å². The van der Waals surface area contributed by atoms with Crippen LogP contribution in [-0.4, -0.2) is 37.8 Å². The first kappa shape index (κ1) is 22.6. The highest BCUT2D eigenvalue weighted by Gasteiger charge is 2.25. The van der Waals surface area contributed by atoms with Gasteiger partial charge < -0.3 is 20.1 Å². The molecule has 0 aromatic heterocycles. The van der Waals surface area contributed by atoms with Crippen LogP contribution in [0.15, 0.2) is 65.3 Å². The Kier molecular flexibility index (Phi) is 8.31. The van der Waals surface area contributed by atoms with Crippen molar-refractivity contribution in [2.24, 2.45) is 0 Å². The molecule has 0 saturated heterocycles. The summed E-state index contributed by atoms with van der Waals surface area (Å²) in [7, 11) is 1.56. The number of hydroxylamine groups is 1. The van der Waals surface area contributed by atoms with Crippen LogP contribution in [0.3, 0.4) is 0 Å². The fourth-order valence-corrected chi connectivity index (χ4v) is 3.38. The van der Waals surface area contributed by atoms with Gasteiger partial charge in [-0.1, -0.05) is 48.5 Å². The van der Waals surface area contributed by atoms with Crippen LogP contribution in [0.1, 0.15) is 11.1 Å². The second-order valence-electron chi connectivity index (χ2n) is 6.79. The van der Waals surface area contributed by atoms with Crippen molar-refractivity contribution in [1.29, 1.82) is 0 Å². The topological polar surface area (TPSA) is 97.9 Å². The first-order valence-corrected chi connectivity index (χ1v) is 10.5. The second kappa shape index (κ2) is 11.4. The number of ether oxygens (including phenoxy) is 2. The summed E-state index contributed by atoms with van der Waals surface area (Å²) in [5, 5.41) is 5.46. The van der Waals surface area contributed by atoms with Crippen molar-refractivity contribution in [3.05, 3.63) is 76.4 Å². The lowest BCUT2D eigenvalue weighted by Crippen LogP contribution is -2.49. The van der Waals surface area contributed by atoms with Gasteiger partial charge in [0.25, 0.3) is 0 Å². The van der Waals surface area contributed by atoms with E-state index >= 15 is 0 Å². The van der Waals surface area contributed by atoms with Crippen LogP contribution in [0.5, 0.6) is 5.75 Å². The summed E-state index contributed by atoms with van der Waals surface area (Å²) in [6, 6.07) is 15.8. The molecule has 0 bridgehead atoms. The third-order valence-electron chi connectivity index (χ3n) is 4.56. The molecule has 9 heteroatoms. The zero-order valence-corrected chi connectivity index (χ0v) is 18.6. The summed E-state index contributed by atoms with van der Waals surface area (Å²) < 4.78 is 11.4. The van der Waals surface area contributed by atoms with Gasteiger partial charge in [-0.25, -0.2) is 4.79 Å². The molecule has 0 aliphatic carbocycles. The SMILES string of the molecule is COc1ccccc1C[C@H](NC(=O)OCc1ccccc1)C(=O)NCC1C=C(Br)NO1. The number of para-hydroxylation sites is 1. The first-order valence-electron chi connectivity index (χ1n) is 9.71. The number of amides is 2. The van der Waals surface area contributed by atoms with Gasteiger partial charge >= 0.3 is 6.09 Å². The Morgan fingerprint density at radius 2 is 1.90 bits per heavy atom. The summed E-state index contributed by atoms with van der Waals surface area (Å²) in [6.07, 6.45) is 1.02. The molecule has 1 aliphatic heterocycles. The van der Waals surface area contributed by atoms with Gasteiger partial charge in [-0.3, -0.25) is 15.1 Å². The van der Waals surface area contributed by atoms with E-state index in [1.807, 2.05) is 48.5 Å². The lowest BCUT2D eigenvalue weighted by molar-refractivity contribution is -0.123. The van der Waals surface area contributed by atoms with Gasteiger partial charge in [0.1, 0.15) is 29.1 Å². The van der Waals surface area contributed by atoms with E-state index in [4.69, 9.17) is 14.3 Å². The summed E-state index contributed by atoms with van der Waals surface area (Å²) in [6.45, 7) is 0.347. The third-order valence-corrected chi connectivity index (χ3v) is 4.98. The average molecular weight is 490 g/mol. The Balaban J connectivity index is 1.64. The maximum absolute atomic E-state index is 12.9. The van der Waals surface area contributed by atoms with Crippen LogP contribution in [0.25, 0.3) is 0 Å². The molecule has 3 N–H and O–H groups in total. The number of hydrogen-bond donors (Lipinski definition) is 3. The van der Waals surface area contributed by atoms with E-state index in [9.17, 15) is 9.59 Å². The van der Waals surface area contributed by atoms with Crippen molar-refractivity contribution in [2.45, 2.75) is 25.2 Å². The minimum Gasteiger partial charge on any atom is -0.496 e. The number of benzene rings is 2. The Bertz CT molecular complexity index is 922. The first-order chi connectivity index (χ1) is 15.0. The molecular weight excluding hydrogens is 466 g/mol. The molecule has 1 aliphatic rings. The maximum Gasteiger partial charge on any atom is 0.408 e. The number of carbonyl (C=O) groups is 2. The molecule has 2 atom stereocenters. The van der Waals surface area contributed by atoms with Gasteiger partial charge in [0.15, 0.2) is 0 Å². The molecule has 164 valence electrons. The number of halogens is 1. The molecule has 2 aromatic carbocycles.